The molecule has 4 heteroatoms. The van der Waals surface area contributed by atoms with Crippen LogP contribution in [0.1, 0.15) is 11.1 Å². The van der Waals surface area contributed by atoms with Crippen LogP contribution in [0.4, 0.5) is 0 Å². The molecule has 2 aromatic carbocycles. The summed E-state index contributed by atoms with van der Waals surface area (Å²) >= 11 is 6.02. The normalized spacial score (nSPS) is 11.3. The first-order valence-corrected chi connectivity index (χ1v) is 6.35. The lowest BCUT2D eigenvalue weighted by Crippen LogP contribution is -2.02. The molecule has 0 bridgehead atoms. The minimum atomic E-state index is -0.818. The topological polar surface area (TPSA) is 53.1 Å². The third-order valence-electron chi connectivity index (χ3n) is 3.45. The predicted molar refractivity (Wildman–Crippen MR) is 76.9 cm³/mol. The number of aryl methyl sites for hydroxylation is 1. The molecule has 0 amide bonds. The standard InChI is InChI=1S/C15H12ClNO2/c1-8-9(6-14(18)19)2-4-11-12-7-10(16)3-5-13(12)17-15(8)11/h2-5,7,17H,6H2,1H3,(H,18,19). The van der Waals surface area contributed by atoms with E-state index in [2.05, 4.69) is 4.98 Å². The number of benzene rings is 2. The maximum atomic E-state index is 10.8. The molecular formula is C15H12ClNO2. The van der Waals surface area contributed by atoms with Gasteiger partial charge in [-0.05, 0) is 36.2 Å². The van der Waals surface area contributed by atoms with Gasteiger partial charge in [0.1, 0.15) is 0 Å². The molecule has 19 heavy (non-hydrogen) atoms. The highest BCUT2D eigenvalue weighted by Crippen LogP contribution is 2.31. The van der Waals surface area contributed by atoms with Crippen LogP contribution < -0.4 is 0 Å². The van der Waals surface area contributed by atoms with E-state index in [-0.39, 0.29) is 6.42 Å². The summed E-state index contributed by atoms with van der Waals surface area (Å²) in [4.78, 5) is 14.2. The van der Waals surface area contributed by atoms with E-state index in [1.807, 2.05) is 37.3 Å². The minimum absolute atomic E-state index is 0.0396. The Hall–Kier alpha value is -2.00. The van der Waals surface area contributed by atoms with Gasteiger partial charge in [-0.25, -0.2) is 0 Å². The highest BCUT2D eigenvalue weighted by atomic mass is 35.5. The van der Waals surface area contributed by atoms with Gasteiger partial charge in [0, 0.05) is 26.8 Å². The van der Waals surface area contributed by atoms with Gasteiger partial charge in [0.2, 0.25) is 0 Å². The Morgan fingerprint density at radius 2 is 2.05 bits per heavy atom. The van der Waals surface area contributed by atoms with E-state index < -0.39 is 5.97 Å². The Balaban J connectivity index is 2.32. The molecule has 0 aliphatic carbocycles. The molecule has 1 aromatic heterocycles. The number of fused-ring (bicyclic) bond motifs is 3. The Kier molecular flexibility index (Phi) is 2.72. The van der Waals surface area contributed by atoms with Crippen molar-refractivity contribution >= 4 is 39.4 Å². The summed E-state index contributed by atoms with van der Waals surface area (Å²) in [6.07, 6.45) is 0.0396. The molecule has 3 nitrogen and oxygen atoms in total. The number of hydrogen-bond acceptors (Lipinski definition) is 1. The van der Waals surface area contributed by atoms with Gasteiger partial charge in [0.05, 0.1) is 6.42 Å². The number of aromatic nitrogens is 1. The number of aromatic amines is 1. The van der Waals surface area contributed by atoms with Gasteiger partial charge < -0.3 is 10.1 Å². The van der Waals surface area contributed by atoms with Crippen LogP contribution in [0.25, 0.3) is 21.8 Å². The van der Waals surface area contributed by atoms with Crippen LogP contribution in [0, 0.1) is 6.92 Å². The van der Waals surface area contributed by atoms with Crippen LogP contribution in [0.2, 0.25) is 5.02 Å². The quantitative estimate of drug-likeness (QED) is 0.744. The van der Waals surface area contributed by atoms with Crippen LogP contribution in [-0.4, -0.2) is 16.1 Å². The van der Waals surface area contributed by atoms with E-state index in [1.165, 1.54) is 0 Å². The minimum Gasteiger partial charge on any atom is -0.481 e. The zero-order chi connectivity index (χ0) is 13.6. The number of hydrogen-bond donors (Lipinski definition) is 2. The molecule has 3 aromatic rings. The second-order valence-corrected chi connectivity index (χ2v) is 5.09. The van der Waals surface area contributed by atoms with Crippen molar-refractivity contribution in [2.45, 2.75) is 13.3 Å². The number of carboxylic acids is 1. The van der Waals surface area contributed by atoms with E-state index in [4.69, 9.17) is 16.7 Å². The Bertz CT molecular complexity index is 805. The van der Waals surface area contributed by atoms with E-state index in [0.717, 1.165) is 32.9 Å². The average Bonchev–Trinajstić information content (AvgIpc) is 2.71. The number of rotatable bonds is 2. The summed E-state index contributed by atoms with van der Waals surface area (Å²) in [6, 6.07) is 9.53. The predicted octanol–water partition coefficient (Wildman–Crippen LogP) is 3.91. The van der Waals surface area contributed by atoms with Gasteiger partial charge in [-0.15, -0.1) is 0 Å². The summed E-state index contributed by atoms with van der Waals surface area (Å²) in [5.41, 5.74) is 3.80. The molecular weight excluding hydrogens is 262 g/mol. The lowest BCUT2D eigenvalue weighted by molar-refractivity contribution is -0.136. The second kappa shape index (κ2) is 4.28. The number of carboxylic acid groups (broad SMARTS) is 1. The summed E-state index contributed by atoms with van der Waals surface area (Å²) in [5.74, 6) is -0.818. The van der Waals surface area contributed by atoms with Crippen LogP contribution >= 0.6 is 11.6 Å². The first-order valence-electron chi connectivity index (χ1n) is 5.97. The van der Waals surface area contributed by atoms with E-state index >= 15 is 0 Å². The van der Waals surface area contributed by atoms with Crippen molar-refractivity contribution in [3.05, 3.63) is 46.5 Å². The highest BCUT2D eigenvalue weighted by molar-refractivity contribution is 6.31. The van der Waals surface area contributed by atoms with Gasteiger partial charge in [-0.2, -0.15) is 0 Å². The molecule has 2 N–H and O–H groups in total. The average molecular weight is 274 g/mol. The van der Waals surface area contributed by atoms with E-state index in [9.17, 15) is 4.79 Å². The summed E-state index contributed by atoms with van der Waals surface area (Å²) in [7, 11) is 0. The number of nitrogens with one attached hydrogen (secondary N) is 1. The lowest BCUT2D eigenvalue weighted by Gasteiger charge is -2.04. The number of halogens is 1. The molecule has 0 saturated carbocycles. The molecule has 0 saturated heterocycles. The van der Waals surface area contributed by atoms with Crippen molar-refractivity contribution < 1.29 is 9.90 Å². The zero-order valence-electron chi connectivity index (χ0n) is 10.3. The molecule has 0 radical (unpaired) electrons. The Labute approximate surface area is 114 Å². The third kappa shape index (κ3) is 1.96. The molecule has 0 aliphatic rings. The van der Waals surface area contributed by atoms with Crippen molar-refractivity contribution in [1.29, 1.82) is 0 Å². The van der Waals surface area contributed by atoms with Crippen LogP contribution in [0.15, 0.2) is 30.3 Å². The number of aliphatic carboxylic acids is 1. The second-order valence-electron chi connectivity index (χ2n) is 4.66. The highest BCUT2D eigenvalue weighted by Gasteiger charge is 2.11. The number of H-pyrrole nitrogens is 1. The maximum absolute atomic E-state index is 10.8. The third-order valence-corrected chi connectivity index (χ3v) is 3.69. The van der Waals surface area contributed by atoms with E-state index in [0.29, 0.717) is 5.02 Å². The summed E-state index contributed by atoms with van der Waals surface area (Å²) < 4.78 is 0. The molecule has 0 unspecified atom stereocenters. The van der Waals surface area contributed by atoms with Crippen molar-refractivity contribution in [3.63, 3.8) is 0 Å². The van der Waals surface area contributed by atoms with Gasteiger partial charge in [-0.1, -0.05) is 23.7 Å². The maximum Gasteiger partial charge on any atom is 0.307 e. The number of carbonyl (C=O) groups is 1. The van der Waals surface area contributed by atoms with Gasteiger partial charge in [0.25, 0.3) is 0 Å². The first kappa shape index (κ1) is 12.1. The Morgan fingerprint density at radius 3 is 2.79 bits per heavy atom. The fourth-order valence-corrected chi connectivity index (χ4v) is 2.65. The monoisotopic (exact) mass is 273 g/mol. The SMILES string of the molecule is Cc1c(CC(=O)O)ccc2c1[nH]c1ccc(Cl)cc12. The largest absolute Gasteiger partial charge is 0.481 e. The van der Waals surface area contributed by atoms with E-state index in [1.54, 1.807) is 0 Å². The van der Waals surface area contributed by atoms with Gasteiger partial charge in [-0.3, -0.25) is 4.79 Å². The summed E-state index contributed by atoms with van der Waals surface area (Å²) in [5, 5.41) is 11.7. The molecule has 1 heterocycles. The van der Waals surface area contributed by atoms with Crippen molar-refractivity contribution in [2.75, 3.05) is 0 Å². The smallest absolute Gasteiger partial charge is 0.307 e. The van der Waals surface area contributed by atoms with Crippen molar-refractivity contribution in [3.8, 4) is 0 Å². The fraction of sp³-hybridized carbons (Fsp3) is 0.133. The Morgan fingerprint density at radius 1 is 1.26 bits per heavy atom. The molecule has 0 aliphatic heterocycles. The zero-order valence-corrected chi connectivity index (χ0v) is 11.1. The lowest BCUT2D eigenvalue weighted by atomic mass is 10.0. The molecule has 96 valence electrons. The van der Waals surface area contributed by atoms with Crippen LogP contribution in [0.5, 0.6) is 0 Å². The summed E-state index contributed by atoms with van der Waals surface area (Å²) in [6.45, 7) is 1.94. The fourth-order valence-electron chi connectivity index (χ4n) is 2.48. The van der Waals surface area contributed by atoms with Crippen molar-refractivity contribution in [1.82, 2.24) is 4.98 Å². The first-order chi connectivity index (χ1) is 9.06. The van der Waals surface area contributed by atoms with Gasteiger partial charge in [0.15, 0.2) is 0 Å². The molecule has 0 spiro atoms. The molecule has 0 fully saturated rings. The van der Waals surface area contributed by atoms with Gasteiger partial charge >= 0.3 is 5.97 Å². The van der Waals surface area contributed by atoms with Crippen molar-refractivity contribution in [2.24, 2.45) is 0 Å². The van der Waals surface area contributed by atoms with Crippen LogP contribution in [-0.2, 0) is 11.2 Å². The molecule has 3 rings (SSSR count). The molecule has 0 atom stereocenters. The van der Waals surface area contributed by atoms with Crippen LogP contribution in [0.3, 0.4) is 0 Å².